The van der Waals surface area contributed by atoms with Gasteiger partial charge in [0, 0.05) is 5.56 Å². The van der Waals surface area contributed by atoms with Gasteiger partial charge in [-0.3, -0.25) is 0 Å². The van der Waals surface area contributed by atoms with Crippen LogP contribution in [0.4, 0.5) is 0 Å². The summed E-state index contributed by atoms with van der Waals surface area (Å²) in [7, 11) is 1.78. The Labute approximate surface area is 206 Å². The number of hydrogen-bond donors (Lipinski definition) is 0. The highest BCUT2D eigenvalue weighted by Crippen LogP contribution is 2.66. The number of fused-ring (bicyclic) bond motifs is 7. The number of benzene rings is 5. The van der Waals surface area contributed by atoms with Crippen LogP contribution in [0.5, 0.6) is 5.75 Å². The predicted molar refractivity (Wildman–Crippen MR) is 144 cm³/mol. The molecule has 0 saturated heterocycles. The minimum Gasteiger partial charge on any atom is -0.496 e. The molecule has 1 nitrogen and oxygen atoms in total. The van der Waals surface area contributed by atoms with Crippen molar-refractivity contribution in [3.05, 3.63) is 161 Å². The third-order valence-electron chi connectivity index (χ3n) is 7.60. The first-order chi connectivity index (χ1) is 17.4. The number of methoxy groups -OCH3 is 1. The lowest BCUT2D eigenvalue weighted by molar-refractivity contribution is 0.413. The average molecular weight is 449 g/mol. The van der Waals surface area contributed by atoms with Crippen LogP contribution in [-0.2, 0) is 5.41 Å². The van der Waals surface area contributed by atoms with Crippen LogP contribution in [0.3, 0.4) is 0 Å². The summed E-state index contributed by atoms with van der Waals surface area (Å²) in [6.45, 7) is 0. The quantitative estimate of drug-likeness (QED) is 0.272. The lowest BCUT2D eigenvalue weighted by Crippen LogP contribution is -2.26. The van der Waals surface area contributed by atoms with Gasteiger partial charge >= 0.3 is 0 Å². The van der Waals surface area contributed by atoms with E-state index in [1.165, 1.54) is 55.7 Å². The SMILES string of the molecule is COc1cccc2c1C(c1ccccc1)=C(c1ccccc1)C21c2ccccc2-c2ccccc21. The molecule has 0 N–H and O–H groups in total. The van der Waals surface area contributed by atoms with E-state index in [1.54, 1.807) is 7.11 Å². The Bertz CT molecular complexity index is 1560. The van der Waals surface area contributed by atoms with Crippen LogP contribution >= 0.6 is 0 Å². The van der Waals surface area contributed by atoms with E-state index in [1.807, 2.05) is 0 Å². The van der Waals surface area contributed by atoms with E-state index in [0.717, 1.165) is 5.75 Å². The molecule has 0 atom stereocenters. The van der Waals surface area contributed by atoms with Crippen molar-refractivity contribution >= 4 is 11.1 Å². The molecule has 2 aliphatic carbocycles. The van der Waals surface area contributed by atoms with Gasteiger partial charge in [-0.15, -0.1) is 0 Å². The lowest BCUT2D eigenvalue weighted by atomic mass is 9.67. The Hall–Kier alpha value is -4.36. The summed E-state index contributed by atoms with van der Waals surface area (Å²) in [6, 6.07) is 46.0. The molecule has 0 bridgehead atoms. The minimum atomic E-state index is -0.427. The molecule has 2 aliphatic rings. The Balaban J connectivity index is 1.75. The number of allylic oxidation sites excluding steroid dienone is 1. The zero-order valence-corrected chi connectivity index (χ0v) is 19.5. The highest BCUT2D eigenvalue weighted by Gasteiger charge is 2.54. The summed E-state index contributed by atoms with van der Waals surface area (Å²) in [5.41, 5.74) is 12.3. The van der Waals surface area contributed by atoms with Crippen molar-refractivity contribution in [1.82, 2.24) is 0 Å². The van der Waals surface area contributed by atoms with Crippen molar-refractivity contribution in [1.29, 1.82) is 0 Å². The highest BCUT2D eigenvalue weighted by molar-refractivity contribution is 6.14. The van der Waals surface area contributed by atoms with Crippen LogP contribution in [0.1, 0.15) is 33.4 Å². The van der Waals surface area contributed by atoms with Crippen molar-refractivity contribution < 1.29 is 4.74 Å². The van der Waals surface area contributed by atoms with Crippen LogP contribution in [0.25, 0.3) is 22.3 Å². The third-order valence-corrected chi connectivity index (χ3v) is 7.60. The monoisotopic (exact) mass is 448 g/mol. The maximum absolute atomic E-state index is 6.04. The van der Waals surface area contributed by atoms with E-state index in [4.69, 9.17) is 4.74 Å². The van der Waals surface area contributed by atoms with Gasteiger partial charge in [-0.05, 0) is 56.2 Å². The standard InChI is InChI=1S/C34H24O/c1-35-30-22-12-21-29-32(30)31(23-13-4-2-5-14-23)33(24-15-6-3-7-16-24)34(29)27-19-10-8-17-25(27)26-18-9-11-20-28(26)34/h2-22H,1H3. The normalized spacial score (nSPS) is 14.5. The first kappa shape index (κ1) is 20.1. The summed E-state index contributed by atoms with van der Waals surface area (Å²) < 4.78 is 6.04. The largest absolute Gasteiger partial charge is 0.496 e. The highest BCUT2D eigenvalue weighted by atomic mass is 16.5. The molecule has 0 radical (unpaired) electrons. The molecule has 0 heterocycles. The maximum Gasteiger partial charge on any atom is 0.127 e. The zero-order chi connectivity index (χ0) is 23.4. The van der Waals surface area contributed by atoms with Crippen molar-refractivity contribution in [2.75, 3.05) is 7.11 Å². The van der Waals surface area contributed by atoms with Crippen molar-refractivity contribution in [2.45, 2.75) is 5.41 Å². The molecular weight excluding hydrogens is 424 g/mol. The fraction of sp³-hybridized carbons (Fsp3) is 0.0588. The van der Waals surface area contributed by atoms with Gasteiger partial charge in [0.2, 0.25) is 0 Å². The molecule has 1 spiro atoms. The van der Waals surface area contributed by atoms with Gasteiger partial charge in [0.25, 0.3) is 0 Å². The molecule has 35 heavy (non-hydrogen) atoms. The first-order valence-corrected chi connectivity index (χ1v) is 12.1. The predicted octanol–water partition coefficient (Wildman–Crippen LogP) is 7.98. The molecule has 5 aromatic rings. The Morgan fingerprint density at radius 3 is 1.60 bits per heavy atom. The van der Waals surface area contributed by atoms with Gasteiger partial charge in [-0.2, -0.15) is 0 Å². The van der Waals surface area contributed by atoms with Gasteiger partial charge in [-0.1, -0.05) is 121 Å². The molecule has 0 aromatic heterocycles. The Morgan fingerprint density at radius 1 is 0.486 bits per heavy atom. The Morgan fingerprint density at radius 2 is 1.00 bits per heavy atom. The van der Waals surface area contributed by atoms with Gasteiger partial charge in [0.1, 0.15) is 5.75 Å². The number of ether oxygens (including phenoxy) is 1. The summed E-state index contributed by atoms with van der Waals surface area (Å²) in [6.07, 6.45) is 0. The van der Waals surface area contributed by atoms with E-state index in [2.05, 4.69) is 127 Å². The molecule has 5 aromatic carbocycles. The van der Waals surface area contributed by atoms with Gasteiger partial charge in [0.05, 0.1) is 12.5 Å². The summed E-state index contributed by atoms with van der Waals surface area (Å²) in [5.74, 6) is 0.911. The fourth-order valence-electron chi connectivity index (χ4n) is 6.37. The van der Waals surface area contributed by atoms with Crippen LogP contribution in [0, 0.1) is 0 Å². The summed E-state index contributed by atoms with van der Waals surface area (Å²) in [5, 5.41) is 0. The summed E-state index contributed by atoms with van der Waals surface area (Å²) >= 11 is 0. The second-order valence-corrected chi connectivity index (χ2v) is 9.21. The van der Waals surface area contributed by atoms with Crippen molar-refractivity contribution in [3.8, 4) is 16.9 Å². The molecule has 166 valence electrons. The fourth-order valence-corrected chi connectivity index (χ4v) is 6.37. The molecule has 1 heteroatoms. The van der Waals surface area contributed by atoms with Crippen LogP contribution < -0.4 is 4.74 Å². The molecule has 0 amide bonds. The van der Waals surface area contributed by atoms with Crippen LogP contribution in [0.15, 0.2) is 127 Å². The molecule has 7 rings (SSSR count). The molecule has 0 unspecified atom stereocenters. The third kappa shape index (κ3) is 2.58. The van der Waals surface area contributed by atoms with E-state index < -0.39 is 5.41 Å². The minimum absolute atomic E-state index is 0.427. The van der Waals surface area contributed by atoms with Crippen LogP contribution in [-0.4, -0.2) is 7.11 Å². The second-order valence-electron chi connectivity index (χ2n) is 9.21. The van der Waals surface area contributed by atoms with Crippen molar-refractivity contribution in [3.63, 3.8) is 0 Å². The van der Waals surface area contributed by atoms with Crippen LogP contribution in [0.2, 0.25) is 0 Å². The second kappa shape index (κ2) is 7.58. The van der Waals surface area contributed by atoms with Gasteiger partial charge in [0.15, 0.2) is 0 Å². The molecular formula is C34H24O. The smallest absolute Gasteiger partial charge is 0.127 e. The topological polar surface area (TPSA) is 9.23 Å². The van der Waals surface area contributed by atoms with Gasteiger partial charge < -0.3 is 4.74 Å². The van der Waals surface area contributed by atoms with Gasteiger partial charge in [-0.25, -0.2) is 0 Å². The number of rotatable bonds is 3. The molecule has 0 fully saturated rings. The lowest BCUT2D eigenvalue weighted by Gasteiger charge is -2.33. The average Bonchev–Trinajstić information content (AvgIpc) is 3.41. The number of hydrogen-bond acceptors (Lipinski definition) is 1. The van der Waals surface area contributed by atoms with E-state index in [-0.39, 0.29) is 0 Å². The Kier molecular flexibility index (Phi) is 4.34. The van der Waals surface area contributed by atoms with E-state index in [0.29, 0.717) is 0 Å². The maximum atomic E-state index is 6.04. The van der Waals surface area contributed by atoms with E-state index >= 15 is 0 Å². The molecule has 0 saturated carbocycles. The first-order valence-electron chi connectivity index (χ1n) is 12.1. The summed E-state index contributed by atoms with van der Waals surface area (Å²) in [4.78, 5) is 0. The van der Waals surface area contributed by atoms with Crippen molar-refractivity contribution in [2.24, 2.45) is 0 Å². The molecule has 0 aliphatic heterocycles. The zero-order valence-electron chi connectivity index (χ0n) is 19.5. The van der Waals surface area contributed by atoms with E-state index in [9.17, 15) is 0 Å².